The quantitative estimate of drug-likeness (QED) is 0.0938. The van der Waals surface area contributed by atoms with Gasteiger partial charge >= 0.3 is 12.2 Å². The van der Waals surface area contributed by atoms with Crippen molar-refractivity contribution in [2.45, 2.75) is 138 Å². The highest BCUT2D eigenvalue weighted by Gasteiger charge is 2.20. The molecular formula is C59H62N8O5S2. The maximum atomic E-state index is 14.2. The second kappa shape index (κ2) is 22.9. The average Bonchev–Trinajstić information content (AvgIpc) is 3.33. The van der Waals surface area contributed by atoms with Gasteiger partial charge in [-0.2, -0.15) is 0 Å². The minimum absolute atomic E-state index is 0.0691. The van der Waals surface area contributed by atoms with Crippen LogP contribution in [-0.2, 0) is 40.0 Å². The molecule has 0 bridgehead atoms. The smallest absolute Gasteiger partial charge is 0.412 e. The molecule has 0 saturated heterocycles. The normalized spacial score (nSPS) is 11.8. The third-order valence-electron chi connectivity index (χ3n) is 11.6. The fraction of sp³-hybridized carbons (Fsp3) is 0.305. The lowest BCUT2D eigenvalue weighted by atomic mass is 9.97. The topological polar surface area (TPSA) is 171 Å². The van der Waals surface area contributed by atoms with Crippen LogP contribution >= 0.6 is 23.5 Å². The van der Waals surface area contributed by atoms with E-state index in [1.165, 1.54) is 0 Å². The van der Waals surface area contributed by atoms with E-state index in [9.17, 15) is 14.4 Å². The number of aromatic nitrogens is 6. The number of nitrogens with zero attached hydrogens (tertiary/aromatic N) is 6. The van der Waals surface area contributed by atoms with E-state index in [0.29, 0.717) is 35.5 Å². The van der Waals surface area contributed by atoms with Crippen molar-refractivity contribution in [2.75, 3.05) is 10.6 Å². The van der Waals surface area contributed by atoms with Gasteiger partial charge in [0.25, 0.3) is 0 Å². The molecule has 4 heterocycles. The van der Waals surface area contributed by atoms with Gasteiger partial charge in [0.15, 0.2) is 11.3 Å². The average molecular weight is 1030 g/mol. The Hall–Kier alpha value is -7.23. The minimum Gasteiger partial charge on any atom is -0.444 e. The molecule has 0 saturated carbocycles. The summed E-state index contributed by atoms with van der Waals surface area (Å²) < 4.78 is 10.9. The van der Waals surface area contributed by atoms with E-state index in [1.807, 2.05) is 114 Å². The number of benzene rings is 4. The lowest BCUT2D eigenvalue weighted by Gasteiger charge is -2.19. The van der Waals surface area contributed by atoms with Crippen molar-refractivity contribution < 1.29 is 23.9 Å². The fourth-order valence-electron chi connectivity index (χ4n) is 8.09. The summed E-state index contributed by atoms with van der Waals surface area (Å²) in [6.45, 7) is 19.4. The maximum absolute atomic E-state index is 14.2. The van der Waals surface area contributed by atoms with Crippen LogP contribution in [0.4, 0.5) is 21.0 Å². The number of amides is 2. The van der Waals surface area contributed by atoms with Crippen molar-refractivity contribution in [3.8, 4) is 0 Å². The van der Waals surface area contributed by atoms with Crippen LogP contribution in [0.25, 0.3) is 22.1 Å². The summed E-state index contributed by atoms with van der Waals surface area (Å²) in [5, 5.41) is 7.37. The summed E-state index contributed by atoms with van der Waals surface area (Å²) in [5.41, 5.74) is 8.72. The van der Waals surface area contributed by atoms with Gasteiger partial charge in [0, 0.05) is 78.8 Å². The molecule has 0 aliphatic heterocycles. The zero-order chi connectivity index (χ0) is 52.7. The number of rotatable bonds is 16. The van der Waals surface area contributed by atoms with E-state index in [-0.39, 0.29) is 30.5 Å². The summed E-state index contributed by atoms with van der Waals surface area (Å²) in [4.78, 5) is 71.3. The Morgan fingerprint density at radius 3 is 1.27 bits per heavy atom. The molecule has 0 aliphatic rings. The Morgan fingerprint density at radius 1 is 0.514 bits per heavy atom. The van der Waals surface area contributed by atoms with Gasteiger partial charge in [-0.15, -0.1) is 0 Å². The molecule has 8 rings (SSSR count). The summed E-state index contributed by atoms with van der Waals surface area (Å²) in [6, 6.07) is 35.8. The number of fused-ring (bicyclic) bond motifs is 2. The molecule has 0 atom stereocenters. The molecule has 380 valence electrons. The summed E-state index contributed by atoms with van der Waals surface area (Å²) >= 11 is 3.20. The molecule has 4 aromatic carbocycles. The second-order valence-electron chi connectivity index (χ2n) is 20.8. The van der Waals surface area contributed by atoms with Crippen molar-refractivity contribution in [3.05, 3.63) is 167 Å². The highest BCUT2D eigenvalue weighted by Crippen LogP contribution is 2.36. The molecule has 0 unspecified atom stereocenters. The predicted octanol–water partition coefficient (Wildman–Crippen LogP) is 14.1. The van der Waals surface area contributed by atoms with Gasteiger partial charge in [0.05, 0.1) is 11.4 Å². The van der Waals surface area contributed by atoms with Crippen LogP contribution in [0.15, 0.2) is 141 Å². The first kappa shape index (κ1) is 53.1. The summed E-state index contributed by atoms with van der Waals surface area (Å²) in [6.07, 6.45) is 3.53. The van der Waals surface area contributed by atoms with Gasteiger partial charge in [0.2, 0.25) is 0 Å². The Morgan fingerprint density at radius 2 is 0.905 bits per heavy atom. The Balaban J connectivity index is 1.06. The van der Waals surface area contributed by atoms with Crippen LogP contribution in [-0.4, -0.2) is 59.1 Å². The van der Waals surface area contributed by atoms with Crippen LogP contribution < -0.4 is 10.6 Å². The molecule has 0 radical (unpaired) electrons. The highest BCUT2D eigenvalue weighted by atomic mass is 32.2. The van der Waals surface area contributed by atoms with Crippen LogP contribution in [0.1, 0.15) is 126 Å². The first-order valence-electron chi connectivity index (χ1n) is 24.7. The molecule has 74 heavy (non-hydrogen) atoms. The third kappa shape index (κ3) is 14.5. The number of hydrogen-bond acceptors (Lipinski definition) is 13. The largest absolute Gasteiger partial charge is 0.444 e. The third-order valence-corrected chi connectivity index (χ3v) is 13.9. The number of carbonyl (C=O) groups excluding carboxylic acids is 3. The van der Waals surface area contributed by atoms with Crippen LogP contribution in [0.2, 0.25) is 0 Å². The molecule has 0 aliphatic carbocycles. The fourth-order valence-corrected chi connectivity index (χ4v) is 9.94. The maximum Gasteiger partial charge on any atom is 0.412 e. The van der Waals surface area contributed by atoms with Crippen molar-refractivity contribution >= 4 is 74.9 Å². The molecule has 2 N–H and O–H groups in total. The van der Waals surface area contributed by atoms with Crippen molar-refractivity contribution in [1.82, 2.24) is 29.9 Å². The molecule has 2 amide bonds. The van der Waals surface area contributed by atoms with Gasteiger partial charge in [-0.1, -0.05) is 75.5 Å². The molecule has 8 aromatic rings. The number of pyridine rings is 2. The van der Waals surface area contributed by atoms with Gasteiger partial charge in [-0.3, -0.25) is 15.4 Å². The zero-order valence-corrected chi connectivity index (χ0v) is 45.2. The number of hydrogen-bond donors (Lipinski definition) is 2. The summed E-state index contributed by atoms with van der Waals surface area (Å²) in [5.74, 6) is 0.568. The minimum atomic E-state index is -0.615. The molecule has 0 fully saturated rings. The molecule has 13 nitrogen and oxygen atoms in total. The van der Waals surface area contributed by atoms with E-state index in [2.05, 4.69) is 84.7 Å². The SMILES string of the molecule is CC(C)c1ccc2c(Cc3cc(CC(=O)Cc4ccc(Sc5ccc(NC(=O)OC(C)(C)C)cc5)c(Cc5ncnc6nc(C(C)C)ccc56)c4)ccc3Sc3ccc(NC(=O)OC(C)(C)C)cc3)ncnc2n1. The first-order chi connectivity index (χ1) is 35.2. The number of anilines is 2. The first-order valence-corrected chi connectivity index (χ1v) is 26.4. The van der Waals surface area contributed by atoms with Gasteiger partial charge in [0.1, 0.15) is 29.6 Å². The van der Waals surface area contributed by atoms with E-state index in [1.54, 1.807) is 36.2 Å². The van der Waals surface area contributed by atoms with Crippen molar-refractivity contribution in [3.63, 3.8) is 0 Å². The molecular weight excluding hydrogens is 965 g/mol. The van der Waals surface area contributed by atoms with Crippen molar-refractivity contribution in [2.24, 2.45) is 0 Å². The second-order valence-corrected chi connectivity index (χ2v) is 23.0. The number of ketones is 1. The van der Waals surface area contributed by atoms with E-state index < -0.39 is 23.4 Å². The van der Waals surface area contributed by atoms with E-state index in [4.69, 9.17) is 29.4 Å². The Kier molecular flexibility index (Phi) is 16.4. The van der Waals surface area contributed by atoms with Crippen LogP contribution in [0.3, 0.4) is 0 Å². The predicted molar refractivity (Wildman–Crippen MR) is 295 cm³/mol. The highest BCUT2D eigenvalue weighted by molar-refractivity contribution is 7.99. The van der Waals surface area contributed by atoms with E-state index in [0.717, 1.165) is 75.4 Å². The number of ether oxygens (including phenoxy) is 2. The Labute approximate surface area is 441 Å². The molecule has 15 heteroatoms. The number of Topliss-reactive ketones (excluding diaryl/α,β-unsaturated/α-hetero) is 1. The molecule has 4 aromatic heterocycles. The standard InChI is InChI=1S/C59H62N8O5S2/c1-35(2)48-23-21-46-50(60-33-62-54(46)66-48)31-39-27-37(11-25-52(39)73-44-17-13-41(14-18-44)64-56(69)71-58(5,6)7)29-43(68)30-38-12-26-53(74-45-19-15-42(16-20-45)65-57(70)72-59(8,9)10)40(28-38)32-51-47-22-24-49(36(3)4)67-55(47)63-34-61-51/h11-28,33-36H,29-32H2,1-10H3,(H,64,69)(H,65,70). The lowest BCUT2D eigenvalue weighted by molar-refractivity contribution is -0.117. The van der Waals surface area contributed by atoms with Crippen LogP contribution in [0, 0.1) is 0 Å². The number of nitrogens with one attached hydrogen (secondary N) is 2. The van der Waals surface area contributed by atoms with Gasteiger partial charge in [-0.25, -0.2) is 39.5 Å². The van der Waals surface area contributed by atoms with Gasteiger partial charge < -0.3 is 9.47 Å². The van der Waals surface area contributed by atoms with E-state index >= 15 is 0 Å². The lowest BCUT2D eigenvalue weighted by Crippen LogP contribution is -2.27. The summed E-state index contributed by atoms with van der Waals surface area (Å²) in [7, 11) is 0. The number of carbonyl (C=O) groups is 3. The van der Waals surface area contributed by atoms with Crippen molar-refractivity contribution in [1.29, 1.82) is 0 Å². The molecule has 0 spiro atoms. The Bertz CT molecular complexity index is 3110. The van der Waals surface area contributed by atoms with Crippen LogP contribution in [0.5, 0.6) is 0 Å². The monoisotopic (exact) mass is 1030 g/mol. The van der Waals surface area contributed by atoms with Gasteiger partial charge in [-0.05, 0) is 161 Å². The zero-order valence-electron chi connectivity index (χ0n) is 43.6.